The number of amides is 1. The van der Waals surface area contributed by atoms with E-state index in [1.165, 1.54) is 11.3 Å². The molecule has 0 aliphatic rings. The molecule has 25 heavy (non-hydrogen) atoms. The van der Waals surface area contributed by atoms with E-state index in [9.17, 15) is 4.79 Å². The average molecular weight is 356 g/mol. The predicted molar refractivity (Wildman–Crippen MR) is 98.0 cm³/mol. The van der Waals surface area contributed by atoms with E-state index >= 15 is 0 Å². The summed E-state index contributed by atoms with van der Waals surface area (Å²) >= 11 is 1.48. The minimum Gasteiger partial charge on any atom is -0.496 e. The molecule has 2 aromatic heterocycles. The molecule has 3 rings (SSSR count). The molecule has 0 radical (unpaired) electrons. The molecule has 0 bridgehead atoms. The van der Waals surface area contributed by atoms with Gasteiger partial charge in [-0.15, -0.1) is 11.3 Å². The monoisotopic (exact) mass is 356 g/mol. The van der Waals surface area contributed by atoms with Crippen LogP contribution in [0.2, 0.25) is 0 Å². The Morgan fingerprint density at radius 1 is 1.28 bits per heavy atom. The summed E-state index contributed by atoms with van der Waals surface area (Å²) in [6, 6.07) is 11.6. The molecule has 6 heteroatoms. The first-order valence-corrected chi connectivity index (χ1v) is 8.93. The molecule has 0 aliphatic carbocycles. The molecule has 3 aromatic rings. The molecule has 0 saturated heterocycles. The van der Waals surface area contributed by atoms with E-state index in [1.54, 1.807) is 7.11 Å². The molecule has 2 heterocycles. The third kappa shape index (κ3) is 4.48. The molecule has 0 fully saturated rings. The minimum absolute atomic E-state index is 0.0395. The van der Waals surface area contributed by atoms with Crippen molar-refractivity contribution in [2.45, 2.75) is 19.8 Å². The van der Waals surface area contributed by atoms with Gasteiger partial charge in [0.25, 0.3) is 0 Å². The van der Waals surface area contributed by atoms with Gasteiger partial charge in [-0.3, -0.25) is 4.79 Å². The molecular formula is C19H20N2O3S. The summed E-state index contributed by atoms with van der Waals surface area (Å²) in [5.41, 5.74) is 1.83. The van der Waals surface area contributed by atoms with Crippen LogP contribution in [-0.2, 0) is 17.6 Å². The Morgan fingerprint density at radius 2 is 2.12 bits per heavy atom. The van der Waals surface area contributed by atoms with Gasteiger partial charge in [-0.05, 0) is 37.1 Å². The fourth-order valence-corrected chi connectivity index (χ4v) is 3.30. The molecule has 1 N–H and O–H groups in total. The second-order valence-electron chi connectivity index (χ2n) is 5.64. The number of thiazole rings is 1. The summed E-state index contributed by atoms with van der Waals surface area (Å²) in [6.45, 7) is 2.46. The van der Waals surface area contributed by atoms with Crippen molar-refractivity contribution in [3.63, 3.8) is 0 Å². The van der Waals surface area contributed by atoms with Crippen molar-refractivity contribution in [3.05, 3.63) is 58.8 Å². The first-order valence-electron chi connectivity index (χ1n) is 8.05. The summed E-state index contributed by atoms with van der Waals surface area (Å²) in [6.07, 6.45) is 0.992. The molecule has 1 amide bonds. The average Bonchev–Trinajstić information content (AvgIpc) is 3.24. The molecular weight excluding hydrogens is 336 g/mol. The quantitative estimate of drug-likeness (QED) is 0.702. The van der Waals surface area contributed by atoms with E-state index in [-0.39, 0.29) is 12.3 Å². The number of furan rings is 1. The van der Waals surface area contributed by atoms with Crippen LogP contribution in [0.3, 0.4) is 0 Å². The first-order chi connectivity index (χ1) is 12.2. The van der Waals surface area contributed by atoms with E-state index < -0.39 is 0 Å². The number of aromatic nitrogens is 1. The predicted octanol–water partition coefficient (Wildman–Crippen LogP) is 3.62. The highest BCUT2D eigenvalue weighted by atomic mass is 32.1. The molecule has 0 unspecified atom stereocenters. The van der Waals surface area contributed by atoms with Crippen molar-refractivity contribution in [1.82, 2.24) is 10.3 Å². The Kier molecular flexibility index (Phi) is 5.50. The second kappa shape index (κ2) is 7.98. The van der Waals surface area contributed by atoms with Crippen LogP contribution in [0.15, 0.2) is 46.2 Å². The maximum absolute atomic E-state index is 12.1. The highest BCUT2D eigenvalue weighted by Gasteiger charge is 2.11. The first kappa shape index (κ1) is 17.2. The number of hydrogen-bond donors (Lipinski definition) is 1. The van der Waals surface area contributed by atoms with E-state index in [1.807, 2.05) is 48.7 Å². The minimum atomic E-state index is -0.0395. The van der Waals surface area contributed by atoms with Crippen molar-refractivity contribution in [3.8, 4) is 16.5 Å². The lowest BCUT2D eigenvalue weighted by atomic mass is 10.1. The number of aryl methyl sites for hydroxylation is 1. The fourth-order valence-electron chi connectivity index (χ4n) is 2.52. The molecule has 0 atom stereocenters. The van der Waals surface area contributed by atoms with Crippen LogP contribution in [0, 0.1) is 6.92 Å². The van der Waals surface area contributed by atoms with Gasteiger partial charge in [0.2, 0.25) is 5.91 Å². The molecule has 0 aliphatic heterocycles. The Balaban J connectivity index is 1.50. The number of para-hydroxylation sites is 1. The Labute approximate surface area is 150 Å². The van der Waals surface area contributed by atoms with E-state index in [2.05, 4.69) is 10.3 Å². The van der Waals surface area contributed by atoms with Gasteiger partial charge in [-0.1, -0.05) is 18.2 Å². The molecule has 0 saturated carbocycles. The number of methoxy groups -OCH3 is 1. The second-order valence-corrected chi connectivity index (χ2v) is 6.50. The van der Waals surface area contributed by atoms with Gasteiger partial charge in [0.05, 0.1) is 19.2 Å². The number of rotatable bonds is 7. The summed E-state index contributed by atoms with van der Waals surface area (Å²) < 4.78 is 10.9. The lowest BCUT2D eigenvalue weighted by molar-refractivity contribution is -0.120. The third-order valence-corrected chi connectivity index (χ3v) is 4.66. The van der Waals surface area contributed by atoms with Gasteiger partial charge >= 0.3 is 0 Å². The zero-order chi connectivity index (χ0) is 17.6. The largest absolute Gasteiger partial charge is 0.496 e. The number of nitrogens with one attached hydrogen (secondary N) is 1. The fraction of sp³-hybridized carbons (Fsp3) is 0.263. The number of benzene rings is 1. The highest BCUT2D eigenvalue weighted by molar-refractivity contribution is 7.13. The van der Waals surface area contributed by atoms with Crippen LogP contribution in [0.5, 0.6) is 5.75 Å². The number of carbonyl (C=O) groups excluding carboxylic acids is 1. The number of hydrogen-bond acceptors (Lipinski definition) is 5. The standard InChI is InChI=1S/C19H20N2O3S/c1-13-7-8-17(24-13)19-21-15(12-25-19)11-18(22)20-10-9-14-5-3-4-6-16(14)23-2/h3-8,12H,9-11H2,1-2H3,(H,20,22). The van der Waals surface area contributed by atoms with Gasteiger partial charge in [0.15, 0.2) is 10.8 Å². The lowest BCUT2D eigenvalue weighted by Gasteiger charge is -2.08. The third-order valence-electron chi connectivity index (χ3n) is 3.75. The molecule has 130 valence electrons. The molecule has 1 aromatic carbocycles. The van der Waals surface area contributed by atoms with Gasteiger partial charge in [0, 0.05) is 11.9 Å². The van der Waals surface area contributed by atoms with Crippen molar-refractivity contribution in [2.24, 2.45) is 0 Å². The maximum atomic E-state index is 12.1. The number of nitrogens with zero attached hydrogens (tertiary/aromatic N) is 1. The highest BCUT2D eigenvalue weighted by Crippen LogP contribution is 2.25. The van der Waals surface area contributed by atoms with E-state index in [4.69, 9.17) is 9.15 Å². The van der Waals surface area contributed by atoms with Crippen molar-refractivity contribution < 1.29 is 13.9 Å². The zero-order valence-corrected chi connectivity index (χ0v) is 15.1. The topological polar surface area (TPSA) is 64.4 Å². The normalized spacial score (nSPS) is 10.6. The number of ether oxygens (including phenoxy) is 1. The zero-order valence-electron chi connectivity index (χ0n) is 14.2. The van der Waals surface area contributed by atoms with Crippen LogP contribution in [0.4, 0.5) is 0 Å². The van der Waals surface area contributed by atoms with Gasteiger partial charge < -0.3 is 14.5 Å². The summed E-state index contributed by atoms with van der Waals surface area (Å²) in [5.74, 6) is 2.39. The number of carbonyl (C=O) groups is 1. The van der Waals surface area contributed by atoms with E-state index in [0.717, 1.165) is 40.0 Å². The smallest absolute Gasteiger partial charge is 0.226 e. The van der Waals surface area contributed by atoms with Crippen molar-refractivity contribution in [2.75, 3.05) is 13.7 Å². The van der Waals surface area contributed by atoms with Crippen LogP contribution in [0.25, 0.3) is 10.8 Å². The van der Waals surface area contributed by atoms with Gasteiger partial charge in [-0.25, -0.2) is 4.98 Å². The van der Waals surface area contributed by atoms with Crippen LogP contribution < -0.4 is 10.1 Å². The van der Waals surface area contributed by atoms with Crippen molar-refractivity contribution in [1.29, 1.82) is 0 Å². The van der Waals surface area contributed by atoms with Gasteiger partial charge in [0.1, 0.15) is 11.5 Å². The molecule has 5 nitrogen and oxygen atoms in total. The van der Waals surface area contributed by atoms with Crippen molar-refractivity contribution >= 4 is 17.2 Å². The Morgan fingerprint density at radius 3 is 2.88 bits per heavy atom. The van der Waals surface area contributed by atoms with Crippen LogP contribution >= 0.6 is 11.3 Å². The van der Waals surface area contributed by atoms with Crippen LogP contribution in [0.1, 0.15) is 17.0 Å². The lowest BCUT2D eigenvalue weighted by Crippen LogP contribution is -2.27. The maximum Gasteiger partial charge on any atom is 0.226 e. The summed E-state index contributed by atoms with van der Waals surface area (Å²) in [5, 5.41) is 5.62. The molecule has 0 spiro atoms. The summed E-state index contributed by atoms with van der Waals surface area (Å²) in [7, 11) is 1.65. The Bertz CT molecular complexity index is 854. The van der Waals surface area contributed by atoms with E-state index in [0.29, 0.717) is 6.54 Å². The van der Waals surface area contributed by atoms with Gasteiger partial charge in [-0.2, -0.15) is 0 Å². The van der Waals surface area contributed by atoms with Crippen LogP contribution in [-0.4, -0.2) is 24.5 Å². The Hall–Kier alpha value is -2.60. The summed E-state index contributed by atoms with van der Waals surface area (Å²) in [4.78, 5) is 16.6. The SMILES string of the molecule is COc1ccccc1CCNC(=O)Cc1csc(-c2ccc(C)o2)n1.